The third kappa shape index (κ3) is 3.08. The van der Waals surface area contributed by atoms with Gasteiger partial charge in [0.25, 0.3) is 0 Å². The average Bonchev–Trinajstić information content (AvgIpc) is 2.42. The number of aliphatic hydroxyl groups is 1. The molecule has 1 rings (SSSR count). The molecule has 0 spiro atoms. The van der Waals surface area contributed by atoms with Crippen LogP contribution in [0.25, 0.3) is 0 Å². The summed E-state index contributed by atoms with van der Waals surface area (Å²) in [5, 5.41) is 9.55. The van der Waals surface area contributed by atoms with Crippen LogP contribution in [0.1, 0.15) is 39.0 Å². The highest BCUT2D eigenvalue weighted by molar-refractivity contribution is 6.02. The van der Waals surface area contributed by atoms with Crippen LogP contribution in [-0.2, 0) is 14.3 Å². The van der Waals surface area contributed by atoms with Crippen molar-refractivity contribution in [1.82, 2.24) is 0 Å². The number of carbonyl (C=O) groups is 2. The van der Waals surface area contributed by atoms with Crippen molar-refractivity contribution in [1.29, 1.82) is 0 Å². The van der Waals surface area contributed by atoms with E-state index in [1.54, 1.807) is 6.92 Å². The smallest absolute Gasteiger partial charge is 0.373 e. The molecule has 84 valence electrons. The van der Waals surface area contributed by atoms with Crippen LogP contribution in [0.15, 0.2) is 11.3 Å². The van der Waals surface area contributed by atoms with Gasteiger partial charge in [0.2, 0.25) is 5.76 Å². The van der Waals surface area contributed by atoms with Crippen LogP contribution in [0.2, 0.25) is 0 Å². The van der Waals surface area contributed by atoms with Crippen molar-refractivity contribution < 1.29 is 19.4 Å². The van der Waals surface area contributed by atoms with Gasteiger partial charge in [0, 0.05) is 12.0 Å². The summed E-state index contributed by atoms with van der Waals surface area (Å²) in [6.45, 7) is 1.86. The number of hydrogen-bond acceptors (Lipinski definition) is 4. The Labute approximate surface area is 88.9 Å². The molecule has 0 amide bonds. The maximum absolute atomic E-state index is 11.5. The molecule has 0 saturated heterocycles. The van der Waals surface area contributed by atoms with E-state index in [9.17, 15) is 14.7 Å². The van der Waals surface area contributed by atoms with E-state index in [0.29, 0.717) is 12.8 Å². The molecule has 0 radical (unpaired) electrons. The maximum Gasteiger partial charge on any atom is 0.373 e. The number of hydrogen-bond donors (Lipinski definition) is 1. The largest absolute Gasteiger partial charge is 0.502 e. The lowest BCUT2D eigenvalue weighted by Crippen LogP contribution is -2.13. The Kier molecular flexibility index (Phi) is 4.34. The normalized spacial score (nSPS) is 20.7. The fourth-order valence-corrected chi connectivity index (χ4v) is 1.63. The average molecular weight is 212 g/mol. The van der Waals surface area contributed by atoms with Gasteiger partial charge in [-0.3, -0.25) is 4.79 Å². The minimum atomic E-state index is -0.789. The maximum atomic E-state index is 11.5. The number of rotatable bonds is 2. The van der Waals surface area contributed by atoms with Gasteiger partial charge in [-0.15, -0.1) is 0 Å². The van der Waals surface area contributed by atoms with Crippen molar-refractivity contribution >= 4 is 11.8 Å². The zero-order chi connectivity index (χ0) is 11.3. The van der Waals surface area contributed by atoms with Crippen LogP contribution in [0.5, 0.6) is 0 Å². The molecule has 0 bridgehead atoms. The molecular formula is C11H16O4. The van der Waals surface area contributed by atoms with E-state index in [-0.39, 0.29) is 18.0 Å². The Bertz CT molecular complexity index is 291. The first kappa shape index (κ1) is 11.8. The van der Waals surface area contributed by atoms with Crippen LogP contribution in [0.4, 0.5) is 0 Å². The summed E-state index contributed by atoms with van der Waals surface area (Å²) in [5.41, 5.74) is 0.242. The molecule has 1 N–H and O–H groups in total. The van der Waals surface area contributed by atoms with E-state index in [2.05, 4.69) is 4.74 Å². The topological polar surface area (TPSA) is 63.6 Å². The molecule has 1 fully saturated rings. The van der Waals surface area contributed by atoms with Gasteiger partial charge in [0.1, 0.15) is 0 Å². The fourth-order valence-electron chi connectivity index (χ4n) is 1.63. The Balaban J connectivity index is 2.84. The molecule has 0 aromatic carbocycles. The van der Waals surface area contributed by atoms with Gasteiger partial charge in [-0.2, -0.15) is 0 Å². The second-order valence-electron chi connectivity index (χ2n) is 3.53. The summed E-state index contributed by atoms with van der Waals surface area (Å²) in [6.07, 6.45) is 3.52. The number of carbonyl (C=O) groups excluding carboxylic acids is 2. The highest BCUT2D eigenvalue weighted by Crippen LogP contribution is 2.21. The van der Waals surface area contributed by atoms with Gasteiger partial charge in [-0.25, -0.2) is 4.79 Å². The summed E-state index contributed by atoms with van der Waals surface area (Å²) in [6, 6.07) is 0. The highest BCUT2D eigenvalue weighted by atomic mass is 16.5. The van der Waals surface area contributed by atoms with Crippen LogP contribution in [0.3, 0.4) is 0 Å². The Morgan fingerprint density at radius 2 is 2.00 bits per heavy atom. The predicted molar refractivity (Wildman–Crippen MR) is 54.4 cm³/mol. The molecule has 0 aromatic rings. The monoisotopic (exact) mass is 212 g/mol. The van der Waals surface area contributed by atoms with Crippen molar-refractivity contribution in [2.45, 2.75) is 39.0 Å². The third-order valence-electron chi connectivity index (χ3n) is 2.42. The van der Waals surface area contributed by atoms with Gasteiger partial charge in [0.15, 0.2) is 5.78 Å². The second kappa shape index (κ2) is 5.53. The first-order valence-corrected chi connectivity index (χ1v) is 5.29. The molecule has 1 aliphatic carbocycles. The van der Waals surface area contributed by atoms with Gasteiger partial charge in [0.05, 0.1) is 6.61 Å². The Morgan fingerprint density at radius 3 is 2.67 bits per heavy atom. The van der Waals surface area contributed by atoms with E-state index in [1.807, 2.05) is 0 Å². The number of Topliss-reactive ketones (excluding diaryl/α,β-unsaturated/α-hetero) is 1. The standard InChI is InChI=1S/C11H16O4/c1-2-15-11(14)10(13)8-6-4-3-5-7-9(8)12/h13H,2-7H2,1H3/b10-8+. The lowest BCUT2D eigenvalue weighted by molar-refractivity contribution is -0.142. The molecule has 1 aliphatic rings. The van der Waals surface area contributed by atoms with E-state index in [4.69, 9.17) is 0 Å². The van der Waals surface area contributed by atoms with Crippen molar-refractivity contribution in [3.63, 3.8) is 0 Å². The number of esters is 1. The molecule has 1 saturated carbocycles. The molecule has 4 nitrogen and oxygen atoms in total. The van der Waals surface area contributed by atoms with Crippen LogP contribution in [-0.4, -0.2) is 23.5 Å². The number of allylic oxidation sites excluding steroid dienone is 1. The zero-order valence-corrected chi connectivity index (χ0v) is 8.91. The minimum absolute atomic E-state index is 0.127. The molecule has 0 aliphatic heterocycles. The second-order valence-corrected chi connectivity index (χ2v) is 3.53. The quantitative estimate of drug-likeness (QED) is 0.328. The van der Waals surface area contributed by atoms with E-state index < -0.39 is 11.7 Å². The summed E-state index contributed by atoms with van der Waals surface area (Å²) in [7, 11) is 0. The number of aliphatic hydroxyl groups excluding tert-OH is 1. The number of ether oxygens (including phenoxy) is 1. The van der Waals surface area contributed by atoms with Gasteiger partial charge in [-0.1, -0.05) is 6.42 Å². The van der Waals surface area contributed by atoms with E-state index in [0.717, 1.165) is 19.3 Å². The van der Waals surface area contributed by atoms with Gasteiger partial charge in [-0.05, 0) is 26.2 Å². The lowest BCUT2D eigenvalue weighted by Gasteiger charge is -2.05. The summed E-state index contributed by atoms with van der Waals surface area (Å²) in [4.78, 5) is 22.8. The van der Waals surface area contributed by atoms with Gasteiger partial charge < -0.3 is 9.84 Å². The Hall–Kier alpha value is -1.32. The summed E-state index contributed by atoms with van der Waals surface area (Å²) in [5.74, 6) is -1.41. The SMILES string of the molecule is CCOC(=O)/C(O)=C1/CCCCCC1=O. The lowest BCUT2D eigenvalue weighted by atomic mass is 10.1. The third-order valence-corrected chi connectivity index (χ3v) is 2.42. The molecule has 4 heteroatoms. The van der Waals surface area contributed by atoms with Crippen molar-refractivity contribution in [3.05, 3.63) is 11.3 Å². The Morgan fingerprint density at radius 1 is 1.33 bits per heavy atom. The highest BCUT2D eigenvalue weighted by Gasteiger charge is 2.22. The summed E-state index contributed by atoms with van der Waals surface area (Å²) >= 11 is 0. The molecule has 15 heavy (non-hydrogen) atoms. The zero-order valence-electron chi connectivity index (χ0n) is 8.91. The van der Waals surface area contributed by atoms with E-state index >= 15 is 0 Å². The van der Waals surface area contributed by atoms with Crippen molar-refractivity contribution in [2.24, 2.45) is 0 Å². The van der Waals surface area contributed by atoms with Gasteiger partial charge >= 0.3 is 5.97 Å². The fraction of sp³-hybridized carbons (Fsp3) is 0.636. The van der Waals surface area contributed by atoms with Crippen molar-refractivity contribution in [2.75, 3.05) is 6.61 Å². The molecule has 0 aromatic heterocycles. The minimum Gasteiger partial charge on any atom is -0.502 e. The van der Waals surface area contributed by atoms with Crippen molar-refractivity contribution in [3.8, 4) is 0 Å². The number of ketones is 1. The first-order valence-electron chi connectivity index (χ1n) is 5.29. The first-order chi connectivity index (χ1) is 7.16. The van der Waals surface area contributed by atoms with Crippen LogP contribution >= 0.6 is 0 Å². The van der Waals surface area contributed by atoms with E-state index in [1.165, 1.54) is 0 Å². The molecule has 0 heterocycles. The molecular weight excluding hydrogens is 196 g/mol. The van der Waals surface area contributed by atoms with Crippen LogP contribution in [0, 0.1) is 0 Å². The van der Waals surface area contributed by atoms with Crippen LogP contribution < -0.4 is 0 Å². The molecule has 0 unspecified atom stereocenters. The summed E-state index contributed by atoms with van der Waals surface area (Å²) < 4.78 is 4.65. The molecule has 0 atom stereocenters. The predicted octanol–water partition coefficient (Wildman–Crippen LogP) is 1.89.